The Kier molecular flexibility index (Phi) is 10.2. The van der Waals surface area contributed by atoms with Crippen LogP contribution in [0.2, 0.25) is 0 Å². The fraction of sp³-hybridized carbons (Fsp3) is 0.656. The molecule has 0 spiro atoms. The molecule has 1 unspecified atom stereocenters. The van der Waals surface area contributed by atoms with Crippen molar-refractivity contribution in [2.24, 2.45) is 29.4 Å². The number of furan rings is 1. The van der Waals surface area contributed by atoms with Gasteiger partial charge in [-0.1, -0.05) is 32.1 Å². The normalized spacial score (nSPS) is 25.8. The predicted octanol–water partition coefficient (Wildman–Crippen LogP) is 4.81. The van der Waals surface area contributed by atoms with Crippen LogP contribution in [0.4, 0.5) is 10.1 Å². The number of nitrogens with zero attached hydrogens (tertiary/aromatic N) is 1. The van der Waals surface area contributed by atoms with E-state index in [1.165, 1.54) is 6.42 Å². The second kappa shape index (κ2) is 14.0. The number of nitrogens with one attached hydrogen (secondary N) is 1. The number of anilines is 1. The highest BCUT2D eigenvalue weighted by molar-refractivity contribution is 6.00. The Morgan fingerprint density at radius 3 is 2.55 bits per heavy atom. The number of rotatable bonds is 10. The van der Waals surface area contributed by atoms with Crippen molar-refractivity contribution in [1.29, 1.82) is 0 Å². The summed E-state index contributed by atoms with van der Waals surface area (Å²) in [5, 5.41) is 12.6. The fourth-order valence-corrected chi connectivity index (χ4v) is 7.35. The molecule has 1 saturated heterocycles. The average Bonchev–Trinajstić information content (AvgIpc) is 3.66. The summed E-state index contributed by atoms with van der Waals surface area (Å²) in [4.78, 5) is 41.9. The van der Waals surface area contributed by atoms with Gasteiger partial charge in [-0.05, 0) is 74.1 Å². The highest BCUT2D eigenvalue weighted by Crippen LogP contribution is 2.41. The SMILES string of the molecule is N[C@H](CF)[C@H]1CC[C@H](C(=O)N2CCC(C3CCCCC3)[C@H]2C(=O)Nc2ccc3oc(C(=O)OCCCO)cc3c2)CC1. The number of aliphatic hydroxyl groups excluding tert-OH is 1. The molecule has 10 heteroatoms. The van der Waals surface area contributed by atoms with Crippen molar-refractivity contribution in [3.63, 3.8) is 0 Å². The third kappa shape index (κ3) is 6.80. The monoisotopic (exact) mass is 585 g/mol. The van der Waals surface area contributed by atoms with Crippen molar-refractivity contribution in [3.05, 3.63) is 30.0 Å². The Balaban J connectivity index is 1.30. The third-order valence-electron chi connectivity index (χ3n) is 9.68. The van der Waals surface area contributed by atoms with Gasteiger partial charge in [-0.15, -0.1) is 0 Å². The number of alkyl halides is 1. The lowest BCUT2D eigenvalue weighted by Gasteiger charge is -2.36. The second-order valence-electron chi connectivity index (χ2n) is 12.3. The topological polar surface area (TPSA) is 135 Å². The molecule has 0 bridgehead atoms. The van der Waals surface area contributed by atoms with Gasteiger partial charge in [-0.3, -0.25) is 9.59 Å². The molecule has 3 fully saturated rings. The van der Waals surface area contributed by atoms with Gasteiger partial charge in [-0.25, -0.2) is 9.18 Å². The lowest BCUT2D eigenvalue weighted by molar-refractivity contribution is -0.142. The molecule has 2 amide bonds. The number of hydrogen-bond donors (Lipinski definition) is 3. The predicted molar refractivity (Wildman–Crippen MR) is 156 cm³/mol. The number of halogens is 1. The largest absolute Gasteiger partial charge is 0.460 e. The number of hydrogen-bond acceptors (Lipinski definition) is 7. The molecule has 1 aliphatic heterocycles. The van der Waals surface area contributed by atoms with Crippen molar-refractivity contribution in [2.75, 3.05) is 31.7 Å². The molecule has 3 atom stereocenters. The van der Waals surface area contributed by atoms with Gasteiger partial charge in [-0.2, -0.15) is 0 Å². The van der Waals surface area contributed by atoms with Crippen molar-refractivity contribution in [2.45, 2.75) is 82.7 Å². The highest BCUT2D eigenvalue weighted by Gasteiger charge is 2.47. The Hall–Kier alpha value is -2.98. The standard InChI is InChI=1S/C32H44FN3O6/c33-19-26(34)21-7-9-22(10-8-21)31(39)36-14-13-25(20-5-2-1-3-6-20)29(36)30(38)35-24-11-12-27-23(17-24)18-28(42-27)32(40)41-16-4-15-37/h11-12,17-18,20-22,25-26,29,37H,1-10,13-16,19,34H2,(H,35,38)/t21-,22-,25?,26-,29+/m1/s1. The molecule has 2 saturated carbocycles. The molecule has 2 heterocycles. The number of carbonyl (C=O) groups is 3. The van der Waals surface area contributed by atoms with Crippen LogP contribution in [0.15, 0.2) is 28.7 Å². The van der Waals surface area contributed by atoms with E-state index in [4.69, 9.17) is 20.0 Å². The molecule has 2 aliphatic carbocycles. The van der Waals surface area contributed by atoms with Crippen LogP contribution in [0.25, 0.3) is 11.0 Å². The van der Waals surface area contributed by atoms with E-state index in [0.29, 0.717) is 48.4 Å². The van der Waals surface area contributed by atoms with Gasteiger partial charge in [0.2, 0.25) is 17.6 Å². The summed E-state index contributed by atoms with van der Waals surface area (Å²) in [6.45, 7) is 0.0588. The number of amides is 2. The lowest BCUT2D eigenvalue weighted by Crippen LogP contribution is -2.50. The Morgan fingerprint density at radius 2 is 1.83 bits per heavy atom. The number of nitrogens with two attached hydrogens (primary N) is 1. The molecule has 4 N–H and O–H groups in total. The van der Waals surface area contributed by atoms with Crippen LogP contribution in [0.5, 0.6) is 0 Å². The van der Waals surface area contributed by atoms with Gasteiger partial charge in [0, 0.05) is 42.6 Å². The second-order valence-corrected chi connectivity index (χ2v) is 12.3. The first kappa shape index (κ1) is 30.5. The summed E-state index contributed by atoms with van der Waals surface area (Å²) < 4.78 is 23.9. The number of fused-ring (bicyclic) bond motifs is 1. The number of esters is 1. The molecule has 3 aliphatic rings. The zero-order valence-corrected chi connectivity index (χ0v) is 24.3. The van der Waals surface area contributed by atoms with Crippen LogP contribution in [0.3, 0.4) is 0 Å². The van der Waals surface area contributed by atoms with Gasteiger partial charge in [0.15, 0.2) is 0 Å². The van der Waals surface area contributed by atoms with E-state index >= 15 is 0 Å². The molecule has 0 radical (unpaired) electrons. The van der Waals surface area contributed by atoms with E-state index in [0.717, 1.165) is 44.9 Å². The quantitative estimate of drug-likeness (QED) is 0.269. The van der Waals surface area contributed by atoms with Gasteiger partial charge in [0.1, 0.15) is 18.3 Å². The number of ether oxygens (including phenoxy) is 1. The van der Waals surface area contributed by atoms with Crippen molar-refractivity contribution < 1.29 is 33.0 Å². The minimum Gasteiger partial charge on any atom is -0.460 e. The molecule has 1 aromatic carbocycles. The van der Waals surface area contributed by atoms with E-state index in [1.807, 2.05) is 4.90 Å². The third-order valence-corrected chi connectivity index (χ3v) is 9.68. The number of aliphatic hydroxyl groups is 1. The summed E-state index contributed by atoms with van der Waals surface area (Å²) >= 11 is 0. The Bertz CT molecular complexity index is 1240. The minimum atomic E-state index is -0.610. The van der Waals surface area contributed by atoms with Gasteiger partial charge >= 0.3 is 5.97 Å². The maximum absolute atomic E-state index is 14.0. The van der Waals surface area contributed by atoms with Gasteiger partial charge < -0.3 is 30.2 Å². The summed E-state index contributed by atoms with van der Waals surface area (Å²) in [7, 11) is 0. The Morgan fingerprint density at radius 1 is 1.07 bits per heavy atom. The first-order chi connectivity index (χ1) is 20.4. The molecule has 5 rings (SSSR count). The van der Waals surface area contributed by atoms with Crippen LogP contribution in [-0.4, -0.2) is 66.3 Å². The maximum Gasteiger partial charge on any atom is 0.374 e. The smallest absolute Gasteiger partial charge is 0.374 e. The lowest BCUT2D eigenvalue weighted by atomic mass is 9.76. The molecule has 9 nitrogen and oxygen atoms in total. The van der Waals surface area contributed by atoms with E-state index < -0.39 is 24.7 Å². The van der Waals surface area contributed by atoms with Crippen LogP contribution in [0.1, 0.15) is 81.2 Å². The summed E-state index contributed by atoms with van der Waals surface area (Å²) in [6.07, 6.45) is 9.69. The van der Waals surface area contributed by atoms with Gasteiger partial charge in [0.25, 0.3) is 0 Å². The number of likely N-dealkylation sites (tertiary alicyclic amines) is 1. The molecule has 2 aromatic rings. The molecular weight excluding hydrogens is 541 g/mol. The van der Waals surface area contributed by atoms with Crippen molar-refractivity contribution in [1.82, 2.24) is 4.90 Å². The van der Waals surface area contributed by atoms with Gasteiger partial charge in [0.05, 0.1) is 6.61 Å². The fourth-order valence-electron chi connectivity index (χ4n) is 7.35. The molecule has 42 heavy (non-hydrogen) atoms. The van der Waals surface area contributed by atoms with Crippen LogP contribution in [-0.2, 0) is 14.3 Å². The minimum absolute atomic E-state index is 0.0374. The van der Waals surface area contributed by atoms with E-state index in [2.05, 4.69) is 5.32 Å². The summed E-state index contributed by atoms with van der Waals surface area (Å²) in [6, 6.07) is 5.76. The van der Waals surface area contributed by atoms with E-state index in [1.54, 1.807) is 24.3 Å². The van der Waals surface area contributed by atoms with Crippen LogP contribution >= 0.6 is 0 Å². The van der Waals surface area contributed by atoms with Crippen LogP contribution in [0, 0.1) is 23.7 Å². The average molecular weight is 586 g/mol. The molecule has 230 valence electrons. The number of carbonyl (C=O) groups excluding carboxylic acids is 3. The zero-order chi connectivity index (χ0) is 29.6. The zero-order valence-electron chi connectivity index (χ0n) is 24.3. The summed E-state index contributed by atoms with van der Waals surface area (Å²) in [5.74, 6) is -0.227. The van der Waals surface area contributed by atoms with Crippen molar-refractivity contribution >= 4 is 34.4 Å². The first-order valence-electron chi connectivity index (χ1n) is 15.6. The number of benzene rings is 1. The molecule has 1 aromatic heterocycles. The first-order valence-corrected chi connectivity index (χ1v) is 15.6. The maximum atomic E-state index is 14.0. The molecular formula is C32H44FN3O6. The highest BCUT2D eigenvalue weighted by atomic mass is 19.1. The summed E-state index contributed by atoms with van der Waals surface area (Å²) in [5.41, 5.74) is 7.00. The Labute approximate surface area is 246 Å². The van der Waals surface area contributed by atoms with E-state index in [-0.39, 0.29) is 48.5 Å². The van der Waals surface area contributed by atoms with Crippen LogP contribution < -0.4 is 11.1 Å². The van der Waals surface area contributed by atoms with E-state index in [9.17, 15) is 18.8 Å². The van der Waals surface area contributed by atoms with Crippen molar-refractivity contribution in [3.8, 4) is 0 Å².